The number of ether oxygens (including phenoxy) is 3. The molecular weight excluding hydrogens is 352 g/mol. The Bertz CT molecular complexity index is 863. The van der Waals surface area contributed by atoms with E-state index in [2.05, 4.69) is 4.98 Å². The van der Waals surface area contributed by atoms with Crippen molar-refractivity contribution in [3.63, 3.8) is 0 Å². The normalized spacial score (nSPS) is 10.6. The smallest absolute Gasteiger partial charge is 0.340 e. The molecule has 0 N–H and O–H groups in total. The zero-order valence-corrected chi connectivity index (χ0v) is 15.3. The lowest BCUT2D eigenvalue weighted by molar-refractivity contribution is -0.385. The maximum absolute atomic E-state index is 12.1. The predicted octanol–water partition coefficient (Wildman–Crippen LogP) is 3.74. The molecular formula is C19H20N2O6. The van der Waals surface area contributed by atoms with Crippen molar-refractivity contribution in [3.05, 3.63) is 57.4 Å². The van der Waals surface area contributed by atoms with Crippen LogP contribution < -0.4 is 9.47 Å². The van der Waals surface area contributed by atoms with Gasteiger partial charge >= 0.3 is 5.97 Å². The number of esters is 1. The highest BCUT2D eigenvalue weighted by molar-refractivity contribution is 5.94. The summed E-state index contributed by atoms with van der Waals surface area (Å²) in [5.74, 6) is 0.525. The lowest BCUT2D eigenvalue weighted by atomic mass is 10.1. The van der Waals surface area contributed by atoms with Crippen molar-refractivity contribution in [1.29, 1.82) is 0 Å². The minimum absolute atomic E-state index is 0.0280. The molecule has 0 amide bonds. The van der Waals surface area contributed by atoms with Gasteiger partial charge in [0.25, 0.3) is 5.69 Å². The Kier molecular flexibility index (Phi) is 6.87. The second-order valence-electron chi connectivity index (χ2n) is 5.28. The van der Waals surface area contributed by atoms with E-state index in [0.29, 0.717) is 18.1 Å². The molecule has 0 atom stereocenters. The fourth-order valence-corrected chi connectivity index (χ4v) is 2.31. The van der Waals surface area contributed by atoms with E-state index in [1.54, 1.807) is 38.3 Å². The summed E-state index contributed by atoms with van der Waals surface area (Å²) in [7, 11) is 1.54. The van der Waals surface area contributed by atoms with Gasteiger partial charge in [0, 0.05) is 6.07 Å². The van der Waals surface area contributed by atoms with Gasteiger partial charge in [-0.2, -0.15) is 0 Å². The fourth-order valence-electron chi connectivity index (χ4n) is 2.31. The van der Waals surface area contributed by atoms with Gasteiger partial charge in [-0.1, -0.05) is 12.1 Å². The molecule has 1 aromatic carbocycles. The van der Waals surface area contributed by atoms with Crippen molar-refractivity contribution in [3.8, 4) is 11.5 Å². The van der Waals surface area contributed by atoms with Crippen LogP contribution in [0.1, 0.15) is 35.5 Å². The summed E-state index contributed by atoms with van der Waals surface area (Å²) in [6, 6.07) is 6.53. The quantitative estimate of drug-likeness (QED) is 0.395. The predicted molar refractivity (Wildman–Crippen MR) is 99.9 cm³/mol. The first-order valence-corrected chi connectivity index (χ1v) is 8.30. The Hall–Kier alpha value is -3.42. The number of pyridine rings is 1. The van der Waals surface area contributed by atoms with Gasteiger partial charge in [0.2, 0.25) is 0 Å². The van der Waals surface area contributed by atoms with E-state index < -0.39 is 10.9 Å². The number of hydrogen-bond acceptors (Lipinski definition) is 7. The second-order valence-corrected chi connectivity index (χ2v) is 5.28. The van der Waals surface area contributed by atoms with Crippen LogP contribution in [-0.2, 0) is 4.74 Å². The van der Waals surface area contributed by atoms with Crippen LogP contribution in [0.2, 0.25) is 0 Å². The van der Waals surface area contributed by atoms with Crippen LogP contribution in [0.5, 0.6) is 11.5 Å². The highest BCUT2D eigenvalue weighted by Gasteiger charge is 2.17. The van der Waals surface area contributed by atoms with Crippen LogP contribution in [0, 0.1) is 10.1 Å². The molecule has 142 valence electrons. The number of rotatable bonds is 8. The molecule has 1 aromatic heterocycles. The third-order valence-electron chi connectivity index (χ3n) is 3.53. The number of nitro groups is 1. The van der Waals surface area contributed by atoms with E-state index in [0.717, 1.165) is 17.8 Å². The number of hydrogen-bond donors (Lipinski definition) is 0. The lowest BCUT2D eigenvalue weighted by Gasteiger charge is -2.09. The Morgan fingerprint density at radius 2 is 1.96 bits per heavy atom. The molecule has 0 saturated heterocycles. The molecule has 0 aliphatic carbocycles. The molecule has 1 heterocycles. The molecule has 0 bridgehead atoms. The van der Waals surface area contributed by atoms with Gasteiger partial charge < -0.3 is 14.2 Å². The molecule has 0 radical (unpaired) electrons. The maximum Gasteiger partial charge on any atom is 0.340 e. The molecule has 8 nitrogen and oxygen atoms in total. The zero-order chi connectivity index (χ0) is 19.8. The van der Waals surface area contributed by atoms with Gasteiger partial charge in [-0.3, -0.25) is 10.1 Å². The highest BCUT2D eigenvalue weighted by atomic mass is 16.6. The van der Waals surface area contributed by atoms with Gasteiger partial charge in [-0.15, -0.1) is 0 Å². The van der Waals surface area contributed by atoms with Crippen LogP contribution in [-0.4, -0.2) is 36.2 Å². The molecule has 27 heavy (non-hydrogen) atoms. The SMILES string of the molecule is CCOC(=O)c1cc([N+](=O)[O-])cnc1/C=C/c1ccc(OCC)c(OC)c1. The second kappa shape index (κ2) is 9.33. The summed E-state index contributed by atoms with van der Waals surface area (Å²) >= 11 is 0. The van der Waals surface area contributed by atoms with Gasteiger partial charge in [-0.05, 0) is 37.6 Å². The summed E-state index contributed by atoms with van der Waals surface area (Å²) in [6.07, 6.45) is 4.40. The van der Waals surface area contributed by atoms with Gasteiger partial charge in [0.15, 0.2) is 11.5 Å². The summed E-state index contributed by atoms with van der Waals surface area (Å²) < 4.78 is 15.7. The number of nitrogens with zero attached hydrogens (tertiary/aromatic N) is 2. The van der Waals surface area contributed by atoms with Crippen LogP contribution in [0.3, 0.4) is 0 Å². The van der Waals surface area contributed by atoms with Crippen molar-refractivity contribution in [2.75, 3.05) is 20.3 Å². The summed E-state index contributed by atoms with van der Waals surface area (Å²) in [6.45, 7) is 4.21. The van der Waals surface area contributed by atoms with E-state index in [4.69, 9.17) is 14.2 Å². The van der Waals surface area contributed by atoms with Crippen molar-refractivity contribution >= 4 is 23.8 Å². The molecule has 0 unspecified atom stereocenters. The van der Waals surface area contributed by atoms with E-state index >= 15 is 0 Å². The Morgan fingerprint density at radius 3 is 2.59 bits per heavy atom. The molecule has 8 heteroatoms. The van der Waals surface area contributed by atoms with Crippen LogP contribution >= 0.6 is 0 Å². The van der Waals surface area contributed by atoms with Gasteiger partial charge in [0.05, 0.1) is 36.5 Å². The standard InChI is InChI=1S/C19H20N2O6/c1-4-26-17-9-7-13(10-18(17)25-3)6-8-16-15(19(22)27-5-2)11-14(12-20-16)21(23)24/h6-12H,4-5H2,1-3H3/b8-6+. The molecule has 0 saturated carbocycles. The lowest BCUT2D eigenvalue weighted by Crippen LogP contribution is -2.08. The van der Waals surface area contributed by atoms with Crippen LogP contribution in [0.25, 0.3) is 12.2 Å². The minimum atomic E-state index is -0.669. The van der Waals surface area contributed by atoms with Crippen molar-refractivity contribution in [2.24, 2.45) is 0 Å². The summed E-state index contributed by atoms with van der Waals surface area (Å²) in [5.41, 5.74) is 0.801. The third kappa shape index (κ3) is 5.04. The average molecular weight is 372 g/mol. The van der Waals surface area contributed by atoms with Crippen molar-refractivity contribution in [2.45, 2.75) is 13.8 Å². The van der Waals surface area contributed by atoms with Gasteiger partial charge in [-0.25, -0.2) is 9.78 Å². The Labute approximate surface area is 156 Å². The number of aromatic nitrogens is 1. The van der Waals surface area contributed by atoms with Crippen LogP contribution in [0.4, 0.5) is 5.69 Å². The number of carbonyl (C=O) groups excluding carboxylic acids is 1. The van der Waals surface area contributed by atoms with E-state index in [-0.39, 0.29) is 23.6 Å². The number of carbonyl (C=O) groups is 1. The molecule has 0 aliphatic rings. The van der Waals surface area contributed by atoms with E-state index in [9.17, 15) is 14.9 Å². The first kappa shape index (κ1) is 19.9. The minimum Gasteiger partial charge on any atom is -0.493 e. The fraction of sp³-hybridized carbons (Fsp3) is 0.263. The Morgan fingerprint density at radius 1 is 1.19 bits per heavy atom. The van der Waals surface area contributed by atoms with E-state index in [1.165, 1.54) is 0 Å². The molecule has 2 aromatic rings. The zero-order valence-electron chi connectivity index (χ0n) is 15.3. The molecule has 0 aliphatic heterocycles. The average Bonchev–Trinajstić information content (AvgIpc) is 2.67. The largest absolute Gasteiger partial charge is 0.493 e. The summed E-state index contributed by atoms with van der Waals surface area (Å²) in [5, 5.41) is 10.9. The maximum atomic E-state index is 12.1. The number of methoxy groups -OCH3 is 1. The van der Waals surface area contributed by atoms with Crippen LogP contribution in [0.15, 0.2) is 30.5 Å². The monoisotopic (exact) mass is 372 g/mol. The summed E-state index contributed by atoms with van der Waals surface area (Å²) in [4.78, 5) is 26.5. The first-order chi connectivity index (χ1) is 13.0. The van der Waals surface area contributed by atoms with Gasteiger partial charge in [0.1, 0.15) is 6.20 Å². The highest BCUT2D eigenvalue weighted by Crippen LogP contribution is 2.29. The first-order valence-electron chi connectivity index (χ1n) is 8.30. The van der Waals surface area contributed by atoms with Crippen molar-refractivity contribution in [1.82, 2.24) is 4.98 Å². The molecule has 0 spiro atoms. The molecule has 2 rings (SSSR count). The third-order valence-corrected chi connectivity index (χ3v) is 3.53. The van der Waals surface area contributed by atoms with Crippen molar-refractivity contribution < 1.29 is 23.9 Å². The van der Waals surface area contributed by atoms with E-state index in [1.807, 2.05) is 13.0 Å². The Balaban J connectivity index is 2.38. The molecule has 0 fully saturated rings. The number of benzene rings is 1. The topological polar surface area (TPSA) is 101 Å².